The quantitative estimate of drug-likeness (QED) is 0.452. The summed E-state index contributed by atoms with van der Waals surface area (Å²) in [4.78, 5) is 10.7. The summed E-state index contributed by atoms with van der Waals surface area (Å²) >= 11 is 0. The van der Waals surface area contributed by atoms with Gasteiger partial charge in [-0.25, -0.2) is 0 Å². The molecule has 0 radical (unpaired) electrons. The molecule has 0 amide bonds. The molecule has 0 N–H and O–H groups in total. The molecule has 0 atom stereocenters. The first kappa shape index (κ1) is 10.2. The summed E-state index contributed by atoms with van der Waals surface area (Å²) in [5, 5.41) is 0. The van der Waals surface area contributed by atoms with Gasteiger partial charge in [0.25, 0.3) is 0 Å². The highest BCUT2D eigenvalue weighted by atomic mass is 16.5. The Balaban J connectivity index is 4.54. The summed E-state index contributed by atoms with van der Waals surface area (Å²) in [5.41, 5.74) is -0.0829. The summed E-state index contributed by atoms with van der Waals surface area (Å²) in [6, 6.07) is 0. The molecule has 11 heavy (non-hydrogen) atoms. The molecule has 2 nitrogen and oxygen atoms in total. The number of methoxy groups -OCH3 is 1. The van der Waals surface area contributed by atoms with Crippen LogP contribution in [0.1, 0.15) is 27.7 Å². The summed E-state index contributed by atoms with van der Waals surface area (Å²) < 4.78 is 5.07. The third-order valence-corrected chi connectivity index (χ3v) is 1.29. The van der Waals surface area contributed by atoms with Gasteiger partial charge >= 0.3 is 0 Å². The molecule has 0 aliphatic heterocycles. The van der Waals surface area contributed by atoms with Crippen molar-refractivity contribution in [2.45, 2.75) is 27.7 Å². The fourth-order valence-corrected chi connectivity index (χ4v) is 0.766. The average Bonchev–Trinajstić information content (AvgIpc) is 1.79. The fraction of sp³-hybridized carbons (Fsp3) is 0.667. The first-order chi connectivity index (χ1) is 4.88. The highest BCUT2D eigenvalue weighted by Crippen LogP contribution is 2.25. The molecule has 0 unspecified atom stereocenters. The van der Waals surface area contributed by atoms with Crippen molar-refractivity contribution in [1.82, 2.24) is 0 Å². The third kappa shape index (κ3) is 3.81. The predicted molar refractivity (Wildman–Crippen MR) is 45.2 cm³/mol. The van der Waals surface area contributed by atoms with Crippen LogP contribution in [0.3, 0.4) is 0 Å². The Kier molecular flexibility index (Phi) is 3.30. The van der Waals surface area contributed by atoms with Crippen LogP contribution in [0.15, 0.2) is 11.8 Å². The summed E-state index contributed by atoms with van der Waals surface area (Å²) in [6.45, 7) is 7.53. The van der Waals surface area contributed by atoms with Crippen molar-refractivity contribution >= 4 is 5.78 Å². The third-order valence-electron chi connectivity index (χ3n) is 1.29. The van der Waals surface area contributed by atoms with Crippen molar-refractivity contribution in [2.75, 3.05) is 7.11 Å². The van der Waals surface area contributed by atoms with Crippen molar-refractivity contribution in [3.05, 3.63) is 11.8 Å². The minimum atomic E-state index is -0.0829. The normalized spacial score (nSPS) is 13.0. The molecule has 0 aliphatic rings. The van der Waals surface area contributed by atoms with Gasteiger partial charge in [0, 0.05) is 11.5 Å². The standard InChI is InChI=1S/C9H16O2/c1-7(10)6-8(11-5)9(2,3)4/h6H,1-5H3/b8-6-. The van der Waals surface area contributed by atoms with E-state index in [1.807, 2.05) is 20.8 Å². The van der Waals surface area contributed by atoms with E-state index in [-0.39, 0.29) is 11.2 Å². The van der Waals surface area contributed by atoms with Gasteiger partial charge in [0.05, 0.1) is 7.11 Å². The Morgan fingerprint density at radius 1 is 1.36 bits per heavy atom. The molecule has 0 rings (SSSR count). The average molecular weight is 156 g/mol. The van der Waals surface area contributed by atoms with Crippen LogP contribution in [0, 0.1) is 5.41 Å². The van der Waals surface area contributed by atoms with Gasteiger partial charge in [-0.2, -0.15) is 0 Å². The Morgan fingerprint density at radius 3 is 1.91 bits per heavy atom. The Bertz CT molecular complexity index is 172. The van der Waals surface area contributed by atoms with Crippen molar-refractivity contribution in [3.8, 4) is 0 Å². The molecule has 0 saturated heterocycles. The number of hydrogen-bond acceptors (Lipinski definition) is 2. The molecular formula is C9H16O2. The molecular weight excluding hydrogens is 140 g/mol. The van der Waals surface area contributed by atoms with E-state index in [2.05, 4.69) is 0 Å². The number of ketones is 1. The molecule has 0 aromatic carbocycles. The molecule has 2 heteroatoms. The zero-order valence-corrected chi connectivity index (χ0v) is 7.89. The summed E-state index contributed by atoms with van der Waals surface area (Å²) in [7, 11) is 1.58. The SMILES string of the molecule is CO/C(=C\C(C)=O)C(C)(C)C. The summed E-state index contributed by atoms with van der Waals surface area (Å²) in [6.07, 6.45) is 1.53. The first-order valence-corrected chi connectivity index (χ1v) is 3.64. The predicted octanol–water partition coefficient (Wildman–Crippen LogP) is 2.15. The van der Waals surface area contributed by atoms with E-state index < -0.39 is 0 Å². The van der Waals surface area contributed by atoms with Gasteiger partial charge < -0.3 is 4.74 Å². The smallest absolute Gasteiger partial charge is 0.155 e. The minimum absolute atomic E-state index is 0.0248. The molecule has 64 valence electrons. The monoisotopic (exact) mass is 156 g/mol. The lowest BCUT2D eigenvalue weighted by Gasteiger charge is -2.20. The van der Waals surface area contributed by atoms with Crippen LogP contribution in [0.5, 0.6) is 0 Å². The van der Waals surface area contributed by atoms with Crippen LogP contribution in [-0.4, -0.2) is 12.9 Å². The van der Waals surface area contributed by atoms with E-state index in [9.17, 15) is 4.79 Å². The Labute approximate surface area is 68.2 Å². The number of allylic oxidation sites excluding steroid dienone is 2. The number of carbonyl (C=O) groups is 1. The maximum absolute atomic E-state index is 10.7. The number of ether oxygens (including phenoxy) is 1. The second-order valence-corrected chi connectivity index (χ2v) is 3.57. The van der Waals surface area contributed by atoms with Gasteiger partial charge in [0.2, 0.25) is 0 Å². The van der Waals surface area contributed by atoms with Crippen LogP contribution in [0.25, 0.3) is 0 Å². The largest absolute Gasteiger partial charge is 0.500 e. The van der Waals surface area contributed by atoms with Crippen LogP contribution in [-0.2, 0) is 9.53 Å². The molecule has 0 spiro atoms. The Morgan fingerprint density at radius 2 is 1.82 bits per heavy atom. The van der Waals surface area contributed by atoms with E-state index in [1.165, 1.54) is 13.0 Å². The maximum Gasteiger partial charge on any atom is 0.155 e. The van der Waals surface area contributed by atoms with Crippen LogP contribution < -0.4 is 0 Å². The molecule has 0 saturated carbocycles. The highest BCUT2D eigenvalue weighted by Gasteiger charge is 2.17. The van der Waals surface area contributed by atoms with Crippen molar-refractivity contribution in [1.29, 1.82) is 0 Å². The molecule has 0 aliphatic carbocycles. The molecule has 0 heterocycles. The van der Waals surface area contributed by atoms with Crippen molar-refractivity contribution < 1.29 is 9.53 Å². The van der Waals surface area contributed by atoms with Gasteiger partial charge in [0.15, 0.2) is 5.78 Å². The topological polar surface area (TPSA) is 26.3 Å². The summed E-state index contributed by atoms with van der Waals surface area (Å²) in [5.74, 6) is 0.752. The number of rotatable bonds is 2. The van der Waals surface area contributed by atoms with Gasteiger partial charge in [0.1, 0.15) is 5.76 Å². The van der Waals surface area contributed by atoms with E-state index in [0.717, 1.165) is 5.76 Å². The van der Waals surface area contributed by atoms with E-state index in [0.29, 0.717) is 0 Å². The van der Waals surface area contributed by atoms with Gasteiger partial charge in [-0.3, -0.25) is 4.79 Å². The van der Waals surface area contributed by atoms with Gasteiger partial charge in [-0.1, -0.05) is 20.8 Å². The maximum atomic E-state index is 10.7. The van der Waals surface area contributed by atoms with E-state index in [4.69, 9.17) is 4.74 Å². The first-order valence-electron chi connectivity index (χ1n) is 3.64. The number of hydrogen-bond donors (Lipinski definition) is 0. The Hall–Kier alpha value is -0.790. The molecule has 0 aromatic heterocycles. The van der Waals surface area contributed by atoms with Crippen molar-refractivity contribution in [3.63, 3.8) is 0 Å². The lowest BCUT2D eigenvalue weighted by molar-refractivity contribution is -0.112. The van der Waals surface area contributed by atoms with E-state index in [1.54, 1.807) is 7.11 Å². The zero-order chi connectivity index (χ0) is 9.07. The minimum Gasteiger partial charge on any atom is -0.500 e. The van der Waals surface area contributed by atoms with Gasteiger partial charge in [-0.15, -0.1) is 0 Å². The molecule has 0 aromatic rings. The fourth-order valence-electron chi connectivity index (χ4n) is 0.766. The van der Waals surface area contributed by atoms with Crippen LogP contribution >= 0.6 is 0 Å². The number of carbonyl (C=O) groups excluding carboxylic acids is 1. The molecule has 0 fully saturated rings. The molecule has 0 bridgehead atoms. The van der Waals surface area contributed by atoms with Crippen molar-refractivity contribution in [2.24, 2.45) is 5.41 Å². The lowest BCUT2D eigenvalue weighted by atomic mass is 9.93. The van der Waals surface area contributed by atoms with E-state index >= 15 is 0 Å². The van der Waals surface area contributed by atoms with Crippen LogP contribution in [0.2, 0.25) is 0 Å². The van der Waals surface area contributed by atoms with Crippen LogP contribution in [0.4, 0.5) is 0 Å². The second-order valence-electron chi connectivity index (χ2n) is 3.57. The zero-order valence-electron chi connectivity index (χ0n) is 7.89. The van der Waals surface area contributed by atoms with Gasteiger partial charge in [-0.05, 0) is 6.92 Å². The highest BCUT2D eigenvalue weighted by molar-refractivity contribution is 5.87. The second kappa shape index (κ2) is 3.56. The lowest BCUT2D eigenvalue weighted by Crippen LogP contribution is -2.12.